The molecule has 32 heavy (non-hydrogen) atoms. The van der Waals surface area contributed by atoms with E-state index in [9.17, 15) is 4.79 Å². The zero-order chi connectivity index (χ0) is 22.5. The number of rotatable bonds is 6. The van der Waals surface area contributed by atoms with E-state index in [0.717, 1.165) is 83.3 Å². The lowest BCUT2D eigenvalue weighted by Crippen LogP contribution is -2.47. The van der Waals surface area contributed by atoms with Gasteiger partial charge in [0.25, 0.3) is 0 Å². The molecule has 0 bridgehead atoms. The van der Waals surface area contributed by atoms with E-state index in [4.69, 9.17) is 23.2 Å². The van der Waals surface area contributed by atoms with Crippen molar-refractivity contribution in [2.45, 2.75) is 62.6 Å². The standard InChI is InChI=1S/C24H41Cl2N5O/c1-15-4-5-27-14-20(15)18-8-17(13-31-24-28-6-7-29-24)9-19(11-18)23(32)30-12-16-2-3-21(25)22(26)10-16/h15-22,27H,2-14H2,1H3,(H,30,32)(H2,28,29,31). The molecule has 2 aliphatic carbocycles. The molecule has 8 heteroatoms. The lowest BCUT2D eigenvalue weighted by molar-refractivity contribution is -0.127. The van der Waals surface area contributed by atoms with Gasteiger partial charge in [-0.2, -0.15) is 0 Å². The second-order valence-electron chi connectivity index (χ2n) is 10.7. The SMILES string of the molecule is CC1CCNCC1C1CC(CNC2=NCCN2)CC(C(=O)NCC2CCC(Cl)C(Cl)C2)C1. The van der Waals surface area contributed by atoms with E-state index in [1.54, 1.807) is 0 Å². The minimum Gasteiger partial charge on any atom is -0.356 e. The summed E-state index contributed by atoms with van der Waals surface area (Å²) in [5.74, 6) is 4.21. The molecule has 6 nitrogen and oxygen atoms in total. The van der Waals surface area contributed by atoms with Crippen LogP contribution < -0.4 is 21.3 Å². The van der Waals surface area contributed by atoms with Crippen molar-refractivity contribution in [2.75, 3.05) is 39.3 Å². The van der Waals surface area contributed by atoms with Gasteiger partial charge in [-0.1, -0.05) is 6.92 Å². The summed E-state index contributed by atoms with van der Waals surface area (Å²) in [7, 11) is 0. The summed E-state index contributed by atoms with van der Waals surface area (Å²) in [6.07, 6.45) is 7.32. The van der Waals surface area contributed by atoms with Crippen molar-refractivity contribution in [3.63, 3.8) is 0 Å². The highest BCUT2D eigenvalue weighted by atomic mass is 35.5. The fourth-order valence-electron chi connectivity index (χ4n) is 6.35. The summed E-state index contributed by atoms with van der Waals surface area (Å²) in [6, 6.07) is 0. The summed E-state index contributed by atoms with van der Waals surface area (Å²) in [4.78, 5) is 17.7. The molecule has 2 saturated carbocycles. The molecule has 0 radical (unpaired) electrons. The minimum absolute atomic E-state index is 0.0224. The van der Waals surface area contributed by atoms with Crippen molar-refractivity contribution in [3.8, 4) is 0 Å². The number of aliphatic imine (C=N–C) groups is 1. The summed E-state index contributed by atoms with van der Waals surface area (Å²) in [5, 5.41) is 13.8. The highest BCUT2D eigenvalue weighted by molar-refractivity contribution is 6.30. The Bertz CT molecular complexity index is 662. The Kier molecular flexibility index (Phi) is 8.86. The lowest BCUT2D eigenvalue weighted by atomic mass is 9.66. The quantitative estimate of drug-likeness (QED) is 0.436. The van der Waals surface area contributed by atoms with Gasteiger partial charge in [0, 0.05) is 30.9 Å². The van der Waals surface area contributed by atoms with Crippen LogP contribution in [0, 0.1) is 35.5 Å². The molecule has 3 fully saturated rings. The third-order valence-corrected chi connectivity index (χ3v) is 9.44. The monoisotopic (exact) mass is 485 g/mol. The fourth-order valence-corrected chi connectivity index (χ4v) is 6.96. The number of hydrogen-bond donors (Lipinski definition) is 4. The molecule has 182 valence electrons. The molecular weight excluding hydrogens is 445 g/mol. The van der Waals surface area contributed by atoms with Crippen LogP contribution in [0.15, 0.2) is 4.99 Å². The first-order valence-corrected chi connectivity index (χ1v) is 13.7. The van der Waals surface area contributed by atoms with Crippen LogP contribution in [0.4, 0.5) is 0 Å². The highest BCUT2D eigenvalue weighted by Gasteiger charge is 2.39. The van der Waals surface area contributed by atoms with Crippen LogP contribution in [0.5, 0.6) is 0 Å². The topological polar surface area (TPSA) is 77.6 Å². The molecule has 4 aliphatic rings. The Hall–Kier alpha value is -0.720. The van der Waals surface area contributed by atoms with Crippen molar-refractivity contribution in [1.82, 2.24) is 21.3 Å². The molecule has 1 saturated heterocycles. The average Bonchev–Trinajstić information content (AvgIpc) is 3.32. The predicted molar refractivity (Wildman–Crippen MR) is 132 cm³/mol. The second-order valence-corrected chi connectivity index (χ2v) is 11.8. The van der Waals surface area contributed by atoms with Gasteiger partial charge >= 0.3 is 0 Å². The molecule has 0 aromatic rings. The smallest absolute Gasteiger partial charge is 0.223 e. The van der Waals surface area contributed by atoms with Crippen LogP contribution in [0.1, 0.15) is 51.9 Å². The maximum atomic E-state index is 13.3. The molecule has 1 amide bonds. The van der Waals surface area contributed by atoms with Gasteiger partial charge in [-0.15, -0.1) is 23.2 Å². The molecule has 4 N–H and O–H groups in total. The molecule has 2 heterocycles. The van der Waals surface area contributed by atoms with Gasteiger partial charge in [0.2, 0.25) is 5.91 Å². The first-order chi connectivity index (χ1) is 15.5. The number of hydrogen-bond acceptors (Lipinski definition) is 5. The van der Waals surface area contributed by atoms with Crippen LogP contribution in [-0.4, -0.2) is 61.9 Å². The Labute approximate surface area is 203 Å². The molecule has 8 unspecified atom stereocenters. The number of guanidine groups is 1. The summed E-state index contributed by atoms with van der Waals surface area (Å²) < 4.78 is 0. The van der Waals surface area contributed by atoms with E-state index < -0.39 is 0 Å². The summed E-state index contributed by atoms with van der Waals surface area (Å²) in [6.45, 7) is 8.01. The van der Waals surface area contributed by atoms with Crippen molar-refractivity contribution >= 4 is 35.1 Å². The Morgan fingerprint density at radius 1 is 1.03 bits per heavy atom. The van der Waals surface area contributed by atoms with Gasteiger partial charge < -0.3 is 21.3 Å². The zero-order valence-corrected chi connectivity index (χ0v) is 20.9. The van der Waals surface area contributed by atoms with E-state index in [2.05, 4.69) is 33.2 Å². The number of amides is 1. The van der Waals surface area contributed by atoms with Crippen molar-refractivity contribution < 1.29 is 4.79 Å². The third kappa shape index (κ3) is 6.44. The highest BCUT2D eigenvalue weighted by Crippen LogP contribution is 2.41. The molecular formula is C24H41Cl2N5O. The number of carbonyl (C=O) groups excluding carboxylic acids is 1. The Morgan fingerprint density at radius 3 is 2.66 bits per heavy atom. The van der Waals surface area contributed by atoms with Gasteiger partial charge in [0.05, 0.1) is 11.9 Å². The van der Waals surface area contributed by atoms with Crippen LogP contribution in [0.25, 0.3) is 0 Å². The van der Waals surface area contributed by atoms with E-state index >= 15 is 0 Å². The molecule has 0 spiro atoms. The maximum Gasteiger partial charge on any atom is 0.223 e. The van der Waals surface area contributed by atoms with E-state index in [0.29, 0.717) is 23.7 Å². The largest absolute Gasteiger partial charge is 0.356 e. The van der Waals surface area contributed by atoms with Crippen molar-refractivity contribution in [2.24, 2.45) is 40.5 Å². The number of piperidine rings is 1. The first kappa shape index (κ1) is 24.4. The Balaban J connectivity index is 1.34. The van der Waals surface area contributed by atoms with Crippen molar-refractivity contribution in [1.29, 1.82) is 0 Å². The third-order valence-electron chi connectivity index (χ3n) is 8.30. The second kappa shape index (κ2) is 11.6. The lowest BCUT2D eigenvalue weighted by Gasteiger charge is -2.42. The van der Waals surface area contributed by atoms with Gasteiger partial charge in [-0.25, -0.2) is 0 Å². The Morgan fingerprint density at radius 2 is 1.91 bits per heavy atom. The first-order valence-electron chi connectivity index (χ1n) is 12.8. The number of nitrogens with one attached hydrogen (secondary N) is 4. The predicted octanol–water partition coefficient (Wildman–Crippen LogP) is 2.94. The zero-order valence-electron chi connectivity index (χ0n) is 19.4. The average molecular weight is 487 g/mol. The molecule has 0 aromatic carbocycles. The van der Waals surface area contributed by atoms with Crippen LogP contribution in [0.2, 0.25) is 0 Å². The summed E-state index contributed by atoms with van der Waals surface area (Å²) >= 11 is 12.6. The number of carbonyl (C=O) groups is 1. The minimum atomic E-state index is 0.0224. The van der Waals surface area contributed by atoms with Gasteiger partial charge in [0.1, 0.15) is 0 Å². The van der Waals surface area contributed by atoms with Crippen LogP contribution >= 0.6 is 23.2 Å². The van der Waals surface area contributed by atoms with Crippen LogP contribution in [-0.2, 0) is 4.79 Å². The maximum absolute atomic E-state index is 13.3. The fraction of sp³-hybridized carbons (Fsp3) is 0.917. The molecule has 4 rings (SSSR count). The molecule has 2 aliphatic heterocycles. The molecule has 8 atom stereocenters. The van der Waals surface area contributed by atoms with Crippen molar-refractivity contribution in [3.05, 3.63) is 0 Å². The van der Waals surface area contributed by atoms with E-state index in [1.807, 2.05) is 0 Å². The number of halogens is 2. The van der Waals surface area contributed by atoms with Gasteiger partial charge in [0.15, 0.2) is 5.96 Å². The summed E-state index contributed by atoms with van der Waals surface area (Å²) in [5.41, 5.74) is 0. The number of nitrogens with zero attached hydrogens (tertiary/aromatic N) is 1. The van der Waals surface area contributed by atoms with Crippen LogP contribution in [0.3, 0.4) is 0 Å². The normalized spacial score (nSPS) is 40.3. The van der Waals surface area contributed by atoms with E-state index in [1.165, 1.54) is 12.8 Å². The van der Waals surface area contributed by atoms with Gasteiger partial charge in [-0.05, 0) is 87.6 Å². The molecule has 0 aromatic heterocycles. The number of alkyl halides is 2. The van der Waals surface area contributed by atoms with Gasteiger partial charge in [-0.3, -0.25) is 9.79 Å². The van der Waals surface area contributed by atoms with E-state index in [-0.39, 0.29) is 22.6 Å².